The Kier molecular flexibility index (Phi) is 5.33. The Bertz CT molecular complexity index is 557. The van der Waals surface area contributed by atoms with E-state index in [4.69, 9.17) is 9.84 Å². The van der Waals surface area contributed by atoms with Crippen molar-refractivity contribution >= 4 is 23.2 Å². The van der Waals surface area contributed by atoms with Crippen molar-refractivity contribution in [1.29, 1.82) is 0 Å². The lowest BCUT2D eigenvalue weighted by molar-refractivity contribution is -0.143. The van der Waals surface area contributed by atoms with Crippen molar-refractivity contribution in [2.24, 2.45) is 11.8 Å². The summed E-state index contributed by atoms with van der Waals surface area (Å²) in [6.45, 7) is 1.45. The highest BCUT2D eigenvalue weighted by atomic mass is 32.1. The van der Waals surface area contributed by atoms with Crippen molar-refractivity contribution in [1.82, 2.24) is 5.32 Å². The van der Waals surface area contributed by atoms with E-state index in [1.807, 2.05) is 12.1 Å². The van der Waals surface area contributed by atoms with Gasteiger partial charge in [-0.1, -0.05) is 0 Å². The van der Waals surface area contributed by atoms with Gasteiger partial charge in [0, 0.05) is 18.0 Å². The van der Waals surface area contributed by atoms with Crippen LogP contribution in [0.15, 0.2) is 12.1 Å². The summed E-state index contributed by atoms with van der Waals surface area (Å²) in [5, 5.41) is 12.0. The number of carboxylic acid groups (broad SMARTS) is 1. The van der Waals surface area contributed by atoms with Gasteiger partial charge in [-0.05, 0) is 56.6 Å². The van der Waals surface area contributed by atoms with E-state index in [1.54, 1.807) is 0 Å². The number of hydrogen-bond donors (Lipinski definition) is 2. The first-order valence-corrected chi connectivity index (χ1v) is 9.17. The molecule has 1 aromatic heterocycles. The third-order valence-corrected chi connectivity index (χ3v) is 6.02. The SMILES string of the molecule is O=C(NCC1CCC(C(=O)O)CC1)c1ccc(C2CCCO2)s1. The summed E-state index contributed by atoms with van der Waals surface area (Å²) in [5.41, 5.74) is 0. The zero-order valence-electron chi connectivity index (χ0n) is 13.1. The first kappa shape index (κ1) is 16.5. The molecule has 2 aliphatic rings. The van der Waals surface area contributed by atoms with Crippen LogP contribution >= 0.6 is 11.3 Å². The number of hydrogen-bond acceptors (Lipinski definition) is 4. The van der Waals surface area contributed by atoms with Gasteiger partial charge in [-0.15, -0.1) is 11.3 Å². The molecule has 1 atom stereocenters. The minimum absolute atomic E-state index is 0.0281. The average molecular weight is 337 g/mol. The fraction of sp³-hybridized carbons (Fsp3) is 0.647. The minimum Gasteiger partial charge on any atom is -0.481 e. The molecule has 5 nitrogen and oxygen atoms in total. The standard InChI is InChI=1S/C17H23NO4S/c19-16(15-8-7-14(23-15)13-2-1-9-22-13)18-10-11-3-5-12(6-4-11)17(20)21/h7-8,11-13H,1-6,9-10H2,(H,18,19)(H,20,21). The molecule has 2 fully saturated rings. The normalized spacial score (nSPS) is 27.7. The number of ether oxygens (including phenoxy) is 1. The molecule has 0 bridgehead atoms. The quantitative estimate of drug-likeness (QED) is 0.865. The van der Waals surface area contributed by atoms with E-state index in [9.17, 15) is 9.59 Å². The van der Waals surface area contributed by atoms with Gasteiger partial charge in [0.05, 0.1) is 16.9 Å². The summed E-state index contributed by atoms with van der Waals surface area (Å²) < 4.78 is 5.65. The Morgan fingerprint density at radius 2 is 2.00 bits per heavy atom. The highest BCUT2D eigenvalue weighted by molar-refractivity contribution is 7.14. The highest BCUT2D eigenvalue weighted by Crippen LogP contribution is 2.33. The predicted molar refractivity (Wildman–Crippen MR) is 87.7 cm³/mol. The Balaban J connectivity index is 1.45. The molecule has 126 valence electrons. The number of thiophene rings is 1. The van der Waals surface area contributed by atoms with E-state index in [0.29, 0.717) is 12.5 Å². The van der Waals surface area contributed by atoms with Crippen LogP contribution in [0.5, 0.6) is 0 Å². The second-order valence-electron chi connectivity index (χ2n) is 6.47. The minimum atomic E-state index is -0.687. The molecular weight excluding hydrogens is 314 g/mol. The van der Waals surface area contributed by atoms with Gasteiger partial charge in [0.25, 0.3) is 5.91 Å². The molecule has 1 unspecified atom stereocenters. The van der Waals surface area contributed by atoms with Crippen LogP contribution in [0.1, 0.15) is 59.2 Å². The van der Waals surface area contributed by atoms with Gasteiger partial charge in [-0.3, -0.25) is 9.59 Å². The van der Waals surface area contributed by atoms with E-state index in [0.717, 1.165) is 54.9 Å². The van der Waals surface area contributed by atoms with Crippen LogP contribution in [0.4, 0.5) is 0 Å². The van der Waals surface area contributed by atoms with Gasteiger partial charge < -0.3 is 15.2 Å². The maximum absolute atomic E-state index is 12.3. The number of nitrogens with one attached hydrogen (secondary N) is 1. The summed E-state index contributed by atoms with van der Waals surface area (Å²) >= 11 is 1.51. The molecular formula is C17H23NO4S. The molecule has 2 heterocycles. The van der Waals surface area contributed by atoms with E-state index in [1.165, 1.54) is 11.3 Å². The summed E-state index contributed by atoms with van der Waals surface area (Å²) in [4.78, 5) is 25.1. The lowest BCUT2D eigenvalue weighted by Crippen LogP contribution is -2.32. The third-order valence-electron chi connectivity index (χ3n) is 4.84. The molecule has 1 aromatic rings. The van der Waals surface area contributed by atoms with Crippen molar-refractivity contribution < 1.29 is 19.4 Å². The van der Waals surface area contributed by atoms with Crippen molar-refractivity contribution in [3.63, 3.8) is 0 Å². The fourth-order valence-corrected chi connectivity index (χ4v) is 4.40. The van der Waals surface area contributed by atoms with E-state index in [2.05, 4.69) is 5.32 Å². The number of amides is 1. The van der Waals surface area contributed by atoms with E-state index in [-0.39, 0.29) is 17.9 Å². The number of carbonyl (C=O) groups is 2. The van der Waals surface area contributed by atoms with Gasteiger partial charge in [-0.25, -0.2) is 0 Å². The van der Waals surface area contributed by atoms with Crippen molar-refractivity contribution in [2.75, 3.05) is 13.2 Å². The second-order valence-corrected chi connectivity index (χ2v) is 7.58. The topological polar surface area (TPSA) is 75.6 Å². The fourth-order valence-electron chi connectivity index (χ4n) is 3.39. The van der Waals surface area contributed by atoms with Crippen LogP contribution in [0.2, 0.25) is 0 Å². The third kappa shape index (κ3) is 4.12. The van der Waals surface area contributed by atoms with Crippen LogP contribution in [-0.2, 0) is 9.53 Å². The maximum atomic E-state index is 12.3. The lowest BCUT2D eigenvalue weighted by Gasteiger charge is -2.26. The number of carboxylic acids is 1. The van der Waals surface area contributed by atoms with Gasteiger partial charge in [0.2, 0.25) is 0 Å². The van der Waals surface area contributed by atoms with Crippen molar-refractivity contribution in [3.8, 4) is 0 Å². The Morgan fingerprint density at radius 3 is 2.65 bits per heavy atom. The van der Waals surface area contributed by atoms with Gasteiger partial charge in [0.1, 0.15) is 0 Å². The molecule has 2 N–H and O–H groups in total. The molecule has 1 saturated heterocycles. The van der Waals surface area contributed by atoms with Crippen LogP contribution in [-0.4, -0.2) is 30.1 Å². The molecule has 3 rings (SSSR count). The first-order valence-electron chi connectivity index (χ1n) is 8.36. The van der Waals surface area contributed by atoms with Crippen LogP contribution in [0.25, 0.3) is 0 Å². The zero-order valence-corrected chi connectivity index (χ0v) is 13.9. The molecule has 0 aromatic carbocycles. The number of carbonyl (C=O) groups excluding carboxylic acids is 1. The van der Waals surface area contributed by atoms with Crippen molar-refractivity contribution in [3.05, 3.63) is 21.9 Å². The lowest BCUT2D eigenvalue weighted by atomic mass is 9.82. The summed E-state index contributed by atoms with van der Waals surface area (Å²) in [5.74, 6) is -0.521. The second kappa shape index (κ2) is 7.45. The van der Waals surface area contributed by atoms with Crippen LogP contribution in [0.3, 0.4) is 0 Å². The Morgan fingerprint density at radius 1 is 1.22 bits per heavy atom. The van der Waals surface area contributed by atoms with Crippen molar-refractivity contribution in [2.45, 2.75) is 44.6 Å². The zero-order chi connectivity index (χ0) is 16.2. The smallest absolute Gasteiger partial charge is 0.306 e. The molecule has 0 radical (unpaired) electrons. The number of aliphatic carboxylic acids is 1. The largest absolute Gasteiger partial charge is 0.481 e. The van der Waals surface area contributed by atoms with Crippen LogP contribution in [0, 0.1) is 11.8 Å². The molecule has 1 saturated carbocycles. The molecule has 23 heavy (non-hydrogen) atoms. The summed E-state index contributed by atoms with van der Waals surface area (Å²) in [6, 6.07) is 3.87. The van der Waals surface area contributed by atoms with Gasteiger partial charge in [-0.2, -0.15) is 0 Å². The van der Waals surface area contributed by atoms with Gasteiger partial charge >= 0.3 is 5.97 Å². The molecule has 1 aliphatic carbocycles. The molecule has 1 amide bonds. The van der Waals surface area contributed by atoms with E-state index < -0.39 is 5.97 Å². The molecule has 6 heteroatoms. The Labute approximate surface area is 140 Å². The Hall–Kier alpha value is -1.40. The summed E-state index contributed by atoms with van der Waals surface area (Å²) in [7, 11) is 0. The first-order chi connectivity index (χ1) is 11.1. The summed E-state index contributed by atoms with van der Waals surface area (Å²) in [6.07, 6.45) is 5.48. The van der Waals surface area contributed by atoms with E-state index >= 15 is 0 Å². The molecule has 0 spiro atoms. The maximum Gasteiger partial charge on any atom is 0.306 e. The van der Waals surface area contributed by atoms with Gasteiger partial charge in [0.15, 0.2) is 0 Å². The molecule has 1 aliphatic heterocycles. The van der Waals surface area contributed by atoms with Crippen LogP contribution < -0.4 is 5.32 Å². The highest BCUT2D eigenvalue weighted by Gasteiger charge is 2.26. The average Bonchev–Trinajstić information content (AvgIpc) is 3.23. The predicted octanol–water partition coefficient (Wildman–Crippen LogP) is 3.22. The number of rotatable bonds is 5. The monoisotopic (exact) mass is 337 g/mol.